The number of methoxy groups -OCH3 is 1. The van der Waals surface area contributed by atoms with Crippen molar-refractivity contribution in [2.45, 2.75) is 0 Å². The van der Waals surface area contributed by atoms with Gasteiger partial charge < -0.3 is 9.72 Å². The first-order valence-corrected chi connectivity index (χ1v) is 9.56. The SMILES string of the molecule is COC(=O)c1ccc(C=C(C(=O)c2ccccc2)c2nc3ccccc3[nH]c2=O)cc1. The summed E-state index contributed by atoms with van der Waals surface area (Å²) in [6.45, 7) is 0. The molecule has 0 aliphatic heterocycles. The molecule has 4 aromatic rings. The maximum Gasteiger partial charge on any atom is 0.337 e. The van der Waals surface area contributed by atoms with E-state index in [4.69, 9.17) is 4.74 Å². The fraction of sp³-hybridized carbons (Fsp3) is 0.0400. The highest BCUT2D eigenvalue weighted by Gasteiger charge is 2.19. The van der Waals surface area contributed by atoms with Gasteiger partial charge in [0, 0.05) is 5.56 Å². The molecule has 0 amide bonds. The predicted octanol–water partition coefficient (Wildman–Crippen LogP) is 4.13. The number of ketones is 1. The molecular weight excluding hydrogens is 392 g/mol. The lowest BCUT2D eigenvalue weighted by Gasteiger charge is -2.08. The fourth-order valence-electron chi connectivity index (χ4n) is 3.20. The van der Waals surface area contributed by atoms with Gasteiger partial charge in [0.2, 0.25) is 0 Å². The van der Waals surface area contributed by atoms with Crippen molar-refractivity contribution < 1.29 is 14.3 Å². The van der Waals surface area contributed by atoms with Crippen molar-refractivity contribution in [1.29, 1.82) is 0 Å². The summed E-state index contributed by atoms with van der Waals surface area (Å²) in [7, 11) is 1.31. The van der Waals surface area contributed by atoms with E-state index in [1.807, 2.05) is 12.1 Å². The van der Waals surface area contributed by atoms with Gasteiger partial charge in [0.15, 0.2) is 5.78 Å². The standard InChI is InChI=1S/C25H18N2O4/c1-31-25(30)18-13-11-16(12-14-18)15-19(23(28)17-7-3-2-4-8-17)22-24(29)27-21-10-6-5-9-20(21)26-22/h2-15H,1H3,(H,27,29). The molecule has 3 aromatic carbocycles. The summed E-state index contributed by atoms with van der Waals surface area (Å²) in [6.07, 6.45) is 1.60. The number of esters is 1. The first-order valence-electron chi connectivity index (χ1n) is 9.56. The van der Waals surface area contributed by atoms with Crippen LogP contribution < -0.4 is 5.56 Å². The summed E-state index contributed by atoms with van der Waals surface area (Å²) in [4.78, 5) is 45.1. The number of allylic oxidation sites excluding steroid dienone is 1. The van der Waals surface area contributed by atoms with E-state index in [1.165, 1.54) is 7.11 Å². The van der Waals surface area contributed by atoms with Crippen molar-refractivity contribution in [3.63, 3.8) is 0 Å². The van der Waals surface area contributed by atoms with Crippen molar-refractivity contribution in [1.82, 2.24) is 9.97 Å². The Labute approximate surface area is 177 Å². The second kappa shape index (κ2) is 8.59. The van der Waals surface area contributed by atoms with E-state index in [1.54, 1.807) is 72.8 Å². The Bertz CT molecular complexity index is 1350. The molecule has 0 fully saturated rings. The minimum Gasteiger partial charge on any atom is -0.465 e. The fourth-order valence-corrected chi connectivity index (χ4v) is 3.20. The molecule has 0 aliphatic rings. The lowest BCUT2D eigenvalue weighted by atomic mass is 9.98. The van der Waals surface area contributed by atoms with Gasteiger partial charge in [0.25, 0.3) is 5.56 Å². The number of Topliss-reactive ketones (excluding diaryl/α,β-unsaturated/α-hetero) is 1. The van der Waals surface area contributed by atoms with Crippen LogP contribution in [0.25, 0.3) is 22.7 Å². The van der Waals surface area contributed by atoms with Gasteiger partial charge in [-0.05, 0) is 35.9 Å². The number of aromatic nitrogens is 2. The molecule has 6 heteroatoms. The van der Waals surface area contributed by atoms with Crippen LogP contribution in [0.4, 0.5) is 0 Å². The number of para-hydroxylation sites is 2. The number of hydrogen-bond donors (Lipinski definition) is 1. The van der Waals surface area contributed by atoms with Crippen LogP contribution in [-0.2, 0) is 4.74 Å². The van der Waals surface area contributed by atoms with Crippen LogP contribution >= 0.6 is 0 Å². The van der Waals surface area contributed by atoms with E-state index in [0.29, 0.717) is 27.7 Å². The maximum atomic E-state index is 13.3. The Kier molecular flexibility index (Phi) is 5.53. The number of ether oxygens (including phenoxy) is 1. The topological polar surface area (TPSA) is 89.1 Å². The van der Waals surface area contributed by atoms with Crippen LogP contribution in [-0.4, -0.2) is 28.8 Å². The zero-order chi connectivity index (χ0) is 21.8. The molecular formula is C25H18N2O4. The lowest BCUT2D eigenvalue weighted by Crippen LogP contribution is -2.18. The molecule has 0 spiro atoms. The number of hydrogen-bond acceptors (Lipinski definition) is 5. The number of nitrogens with one attached hydrogen (secondary N) is 1. The third-order valence-electron chi connectivity index (χ3n) is 4.78. The summed E-state index contributed by atoms with van der Waals surface area (Å²) in [5.74, 6) is -0.783. The lowest BCUT2D eigenvalue weighted by molar-refractivity contribution is 0.0600. The van der Waals surface area contributed by atoms with Gasteiger partial charge >= 0.3 is 5.97 Å². The number of benzene rings is 3. The van der Waals surface area contributed by atoms with Crippen LogP contribution in [0.1, 0.15) is 32.0 Å². The normalized spacial score (nSPS) is 11.3. The van der Waals surface area contributed by atoms with Crippen LogP contribution in [0.2, 0.25) is 0 Å². The van der Waals surface area contributed by atoms with E-state index >= 15 is 0 Å². The summed E-state index contributed by atoms with van der Waals surface area (Å²) in [6, 6.07) is 22.4. The smallest absolute Gasteiger partial charge is 0.337 e. The van der Waals surface area contributed by atoms with Gasteiger partial charge in [-0.2, -0.15) is 0 Å². The first-order chi connectivity index (χ1) is 15.1. The summed E-state index contributed by atoms with van der Waals surface area (Å²) in [5, 5.41) is 0. The van der Waals surface area contributed by atoms with Crippen LogP contribution in [0, 0.1) is 0 Å². The number of carbonyl (C=O) groups excluding carboxylic acids is 2. The van der Waals surface area contributed by atoms with Crippen molar-refractivity contribution in [3.8, 4) is 0 Å². The third kappa shape index (κ3) is 4.18. The van der Waals surface area contributed by atoms with Gasteiger partial charge in [-0.25, -0.2) is 9.78 Å². The molecule has 0 radical (unpaired) electrons. The monoisotopic (exact) mass is 410 g/mol. The molecule has 0 unspecified atom stereocenters. The number of nitrogens with zero attached hydrogens (tertiary/aromatic N) is 1. The van der Waals surface area contributed by atoms with Crippen LogP contribution in [0.15, 0.2) is 83.7 Å². The first kappa shape index (κ1) is 20.0. The number of H-pyrrole nitrogens is 1. The Balaban J connectivity index is 1.87. The average molecular weight is 410 g/mol. The molecule has 1 heterocycles. The number of aromatic amines is 1. The van der Waals surface area contributed by atoms with Crippen molar-refractivity contribution >= 4 is 34.4 Å². The van der Waals surface area contributed by atoms with Crippen molar-refractivity contribution in [2.75, 3.05) is 7.11 Å². The average Bonchev–Trinajstić information content (AvgIpc) is 2.82. The molecule has 6 nitrogen and oxygen atoms in total. The molecule has 31 heavy (non-hydrogen) atoms. The van der Waals surface area contributed by atoms with Gasteiger partial charge in [-0.3, -0.25) is 9.59 Å². The minimum absolute atomic E-state index is 0.0320. The second-order valence-corrected chi connectivity index (χ2v) is 6.80. The Morgan fingerprint density at radius 3 is 2.26 bits per heavy atom. The van der Waals surface area contributed by atoms with E-state index in [9.17, 15) is 14.4 Å². The molecule has 0 saturated carbocycles. The predicted molar refractivity (Wildman–Crippen MR) is 119 cm³/mol. The summed E-state index contributed by atoms with van der Waals surface area (Å²) >= 11 is 0. The molecule has 0 aliphatic carbocycles. The molecule has 1 aromatic heterocycles. The van der Waals surface area contributed by atoms with E-state index in [-0.39, 0.29) is 17.1 Å². The van der Waals surface area contributed by atoms with E-state index in [2.05, 4.69) is 9.97 Å². The zero-order valence-corrected chi connectivity index (χ0v) is 16.7. The van der Waals surface area contributed by atoms with Crippen LogP contribution in [0.5, 0.6) is 0 Å². The highest BCUT2D eigenvalue weighted by Crippen LogP contribution is 2.21. The Hall–Kier alpha value is -4.32. The van der Waals surface area contributed by atoms with E-state index < -0.39 is 11.5 Å². The van der Waals surface area contributed by atoms with Crippen molar-refractivity contribution in [2.24, 2.45) is 0 Å². The molecule has 0 bridgehead atoms. The highest BCUT2D eigenvalue weighted by atomic mass is 16.5. The van der Waals surface area contributed by atoms with Crippen molar-refractivity contribution in [3.05, 3.63) is 112 Å². The summed E-state index contributed by atoms with van der Waals surface area (Å²) < 4.78 is 4.72. The number of rotatable bonds is 5. The third-order valence-corrected chi connectivity index (χ3v) is 4.78. The largest absolute Gasteiger partial charge is 0.465 e. The summed E-state index contributed by atoms with van der Waals surface area (Å²) in [5.41, 5.74) is 2.36. The minimum atomic E-state index is -0.458. The molecule has 0 saturated heterocycles. The molecule has 1 N–H and O–H groups in total. The van der Waals surface area contributed by atoms with Gasteiger partial charge in [-0.1, -0.05) is 54.6 Å². The zero-order valence-electron chi connectivity index (χ0n) is 16.7. The number of carbonyl (C=O) groups is 2. The molecule has 152 valence electrons. The van der Waals surface area contributed by atoms with Crippen LogP contribution in [0.3, 0.4) is 0 Å². The van der Waals surface area contributed by atoms with Gasteiger partial charge in [0.1, 0.15) is 5.69 Å². The Morgan fingerprint density at radius 1 is 0.871 bits per heavy atom. The molecule has 0 atom stereocenters. The quantitative estimate of drug-likeness (QED) is 0.304. The van der Waals surface area contributed by atoms with Gasteiger partial charge in [0.05, 0.1) is 29.3 Å². The van der Waals surface area contributed by atoms with E-state index in [0.717, 1.165) is 0 Å². The second-order valence-electron chi connectivity index (χ2n) is 6.80. The highest BCUT2D eigenvalue weighted by molar-refractivity contribution is 6.32. The Morgan fingerprint density at radius 2 is 1.55 bits per heavy atom. The maximum absolute atomic E-state index is 13.3. The van der Waals surface area contributed by atoms with Gasteiger partial charge in [-0.15, -0.1) is 0 Å². The molecule has 4 rings (SSSR count). The number of fused-ring (bicyclic) bond motifs is 1.